The SMILES string of the molecule is CC(C)c1ccccc1Oc1cnc(C#N)cn1. The number of hydrogen-bond acceptors (Lipinski definition) is 4. The van der Waals surface area contributed by atoms with Crippen LogP contribution in [0.1, 0.15) is 31.0 Å². The lowest BCUT2D eigenvalue weighted by Crippen LogP contribution is -1.96. The summed E-state index contributed by atoms with van der Waals surface area (Å²) in [6.45, 7) is 4.21. The minimum atomic E-state index is 0.277. The number of hydrogen-bond donors (Lipinski definition) is 0. The van der Waals surface area contributed by atoms with E-state index in [1.165, 1.54) is 12.4 Å². The summed E-state index contributed by atoms with van der Waals surface area (Å²) in [7, 11) is 0. The van der Waals surface area contributed by atoms with Crippen molar-refractivity contribution in [3.05, 3.63) is 47.9 Å². The molecule has 0 atom stereocenters. The van der Waals surface area contributed by atoms with Crippen LogP contribution in [-0.2, 0) is 0 Å². The summed E-state index contributed by atoms with van der Waals surface area (Å²) >= 11 is 0. The standard InChI is InChI=1S/C14H13N3O/c1-10(2)12-5-3-4-6-13(12)18-14-9-16-11(7-15)8-17-14/h3-6,8-10H,1-2H3. The number of ether oxygens (including phenoxy) is 1. The lowest BCUT2D eigenvalue weighted by atomic mass is 10.0. The molecule has 2 aromatic rings. The van der Waals surface area contributed by atoms with Gasteiger partial charge in [-0.25, -0.2) is 9.97 Å². The third kappa shape index (κ3) is 2.64. The number of nitriles is 1. The van der Waals surface area contributed by atoms with Crippen molar-refractivity contribution in [2.24, 2.45) is 0 Å². The van der Waals surface area contributed by atoms with Gasteiger partial charge in [-0.3, -0.25) is 0 Å². The molecule has 0 fully saturated rings. The van der Waals surface area contributed by atoms with Crippen LogP contribution in [0.3, 0.4) is 0 Å². The summed E-state index contributed by atoms with van der Waals surface area (Å²) in [4.78, 5) is 7.96. The highest BCUT2D eigenvalue weighted by atomic mass is 16.5. The molecule has 1 aromatic heterocycles. The Morgan fingerprint density at radius 2 is 1.94 bits per heavy atom. The van der Waals surface area contributed by atoms with Crippen molar-refractivity contribution in [3.8, 4) is 17.7 Å². The maximum absolute atomic E-state index is 8.64. The zero-order chi connectivity index (χ0) is 13.0. The topological polar surface area (TPSA) is 58.8 Å². The molecule has 2 rings (SSSR count). The molecule has 90 valence electrons. The van der Waals surface area contributed by atoms with E-state index in [0.717, 1.165) is 11.3 Å². The number of benzene rings is 1. The second-order valence-corrected chi connectivity index (χ2v) is 4.15. The molecule has 18 heavy (non-hydrogen) atoms. The quantitative estimate of drug-likeness (QED) is 0.824. The molecule has 0 N–H and O–H groups in total. The summed E-state index contributed by atoms with van der Waals surface area (Å²) < 4.78 is 5.69. The Bertz CT molecular complexity index is 570. The van der Waals surface area contributed by atoms with Crippen molar-refractivity contribution in [2.45, 2.75) is 19.8 Å². The average Bonchev–Trinajstić information content (AvgIpc) is 2.40. The Balaban J connectivity index is 2.26. The maximum atomic E-state index is 8.64. The lowest BCUT2D eigenvalue weighted by molar-refractivity contribution is 0.451. The van der Waals surface area contributed by atoms with Gasteiger partial charge < -0.3 is 4.74 Å². The molecule has 0 saturated heterocycles. The minimum Gasteiger partial charge on any atom is -0.437 e. The molecule has 0 bridgehead atoms. The predicted molar refractivity (Wildman–Crippen MR) is 67.4 cm³/mol. The van der Waals surface area contributed by atoms with Crippen LogP contribution >= 0.6 is 0 Å². The first-order valence-electron chi connectivity index (χ1n) is 5.69. The second-order valence-electron chi connectivity index (χ2n) is 4.15. The third-order valence-corrected chi connectivity index (χ3v) is 2.50. The fourth-order valence-corrected chi connectivity index (χ4v) is 1.59. The van der Waals surface area contributed by atoms with Crippen LogP contribution in [-0.4, -0.2) is 9.97 Å². The number of nitrogens with zero attached hydrogens (tertiary/aromatic N) is 3. The van der Waals surface area contributed by atoms with E-state index in [1.807, 2.05) is 30.3 Å². The lowest BCUT2D eigenvalue weighted by Gasteiger charge is -2.12. The summed E-state index contributed by atoms with van der Waals surface area (Å²) in [6, 6.07) is 9.74. The molecule has 0 spiro atoms. The Kier molecular flexibility index (Phi) is 3.54. The van der Waals surface area contributed by atoms with E-state index >= 15 is 0 Å². The Hall–Kier alpha value is -2.41. The van der Waals surface area contributed by atoms with Gasteiger partial charge in [0.2, 0.25) is 5.88 Å². The van der Waals surface area contributed by atoms with Crippen molar-refractivity contribution in [2.75, 3.05) is 0 Å². The summed E-state index contributed by atoms with van der Waals surface area (Å²) in [5, 5.41) is 8.64. The number of aromatic nitrogens is 2. The Morgan fingerprint density at radius 3 is 2.56 bits per heavy atom. The fourth-order valence-electron chi connectivity index (χ4n) is 1.59. The first-order valence-corrected chi connectivity index (χ1v) is 5.69. The van der Waals surface area contributed by atoms with Gasteiger partial charge in [-0.05, 0) is 17.5 Å². The Labute approximate surface area is 106 Å². The molecule has 0 amide bonds. The van der Waals surface area contributed by atoms with E-state index in [2.05, 4.69) is 23.8 Å². The van der Waals surface area contributed by atoms with Gasteiger partial charge in [0, 0.05) is 0 Å². The molecule has 1 aromatic carbocycles. The number of rotatable bonds is 3. The van der Waals surface area contributed by atoms with Crippen molar-refractivity contribution in [3.63, 3.8) is 0 Å². The molecule has 0 saturated carbocycles. The summed E-state index contributed by atoms with van der Waals surface area (Å²) in [6.07, 6.45) is 2.85. The van der Waals surface area contributed by atoms with Gasteiger partial charge in [-0.2, -0.15) is 5.26 Å². The molecule has 0 aliphatic heterocycles. The summed E-state index contributed by atoms with van der Waals surface area (Å²) in [5.41, 5.74) is 1.39. The van der Waals surface area contributed by atoms with E-state index < -0.39 is 0 Å². The van der Waals surface area contributed by atoms with Crippen LogP contribution in [0.2, 0.25) is 0 Å². The van der Waals surface area contributed by atoms with Crippen molar-refractivity contribution in [1.29, 1.82) is 5.26 Å². The minimum absolute atomic E-state index is 0.277. The van der Waals surface area contributed by atoms with Gasteiger partial charge in [0.1, 0.15) is 11.8 Å². The van der Waals surface area contributed by atoms with Gasteiger partial charge in [0.25, 0.3) is 0 Å². The predicted octanol–water partition coefficient (Wildman–Crippen LogP) is 3.26. The van der Waals surface area contributed by atoms with Crippen LogP contribution in [0, 0.1) is 11.3 Å². The zero-order valence-corrected chi connectivity index (χ0v) is 10.3. The summed E-state index contributed by atoms with van der Waals surface area (Å²) in [5.74, 6) is 1.53. The molecule has 0 aliphatic carbocycles. The number of para-hydroxylation sites is 1. The van der Waals surface area contributed by atoms with Gasteiger partial charge >= 0.3 is 0 Å². The molecular formula is C14H13N3O. The molecule has 4 heteroatoms. The van der Waals surface area contributed by atoms with Crippen LogP contribution in [0.5, 0.6) is 11.6 Å². The fraction of sp³-hybridized carbons (Fsp3) is 0.214. The van der Waals surface area contributed by atoms with E-state index in [0.29, 0.717) is 11.8 Å². The van der Waals surface area contributed by atoms with Gasteiger partial charge in [-0.1, -0.05) is 32.0 Å². The largest absolute Gasteiger partial charge is 0.437 e. The zero-order valence-electron chi connectivity index (χ0n) is 10.3. The van der Waals surface area contributed by atoms with Gasteiger partial charge in [-0.15, -0.1) is 0 Å². The van der Waals surface area contributed by atoms with Crippen molar-refractivity contribution >= 4 is 0 Å². The molecule has 1 heterocycles. The highest BCUT2D eigenvalue weighted by Crippen LogP contribution is 2.28. The third-order valence-electron chi connectivity index (χ3n) is 2.50. The normalized spacial score (nSPS) is 10.1. The Morgan fingerprint density at radius 1 is 1.17 bits per heavy atom. The van der Waals surface area contributed by atoms with Crippen molar-refractivity contribution < 1.29 is 4.74 Å². The van der Waals surface area contributed by atoms with Crippen LogP contribution in [0.25, 0.3) is 0 Å². The van der Waals surface area contributed by atoms with E-state index in [1.54, 1.807) is 0 Å². The molecular weight excluding hydrogens is 226 g/mol. The monoisotopic (exact) mass is 239 g/mol. The van der Waals surface area contributed by atoms with Gasteiger partial charge in [0.05, 0.1) is 12.4 Å². The van der Waals surface area contributed by atoms with E-state index in [4.69, 9.17) is 10.00 Å². The second kappa shape index (κ2) is 5.28. The van der Waals surface area contributed by atoms with Crippen LogP contribution < -0.4 is 4.74 Å². The van der Waals surface area contributed by atoms with Crippen LogP contribution in [0.15, 0.2) is 36.7 Å². The molecule has 4 nitrogen and oxygen atoms in total. The smallest absolute Gasteiger partial charge is 0.237 e. The molecule has 0 unspecified atom stereocenters. The maximum Gasteiger partial charge on any atom is 0.237 e. The highest BCUT2D eigenvalue weighted by molar-refractivity contribution is 5.37. The average molecular weight is 239 g/mol. The van der Waals surface area contributed by atoms with E-state index in [9.17, 15) is 0 Å². The van der Waals surface area contributed by atoms with Gasteiger partial charge in [0.15, 0.2) is 5.69 Å². The highest BCUT2D eigenvalue weighted by Gasteiger charge is 2.08. The first kappa shape index (κ1) is 12.1. The van der Waals surface area contributed by atoms with E-state index in [-0.39, 0.29) is 5.69 Å². The first-order chi connectivity index (χ1) is 8.70. The van der Waals surface area contributed by atoms with Crippen LogP contribution in [0.4, 0.5) is 0 Å². The molecule has 0 radical (unpaired) electrons. The molecule has 0 aliphatic rings. The van der Waals surface area contributed by atoms with Crippen molar-refractivity contribution in [1.82, 2.24) is 9.97 Å².